The first-order chi connectivity index (χ1) is 8.85. The zero-order valence-electron chi connectivity index (χ0n) is 10.8. The standard InChI is InChI=1S/C14H20N2O2/c1-15-12-4-6-16(7-5-12)9-11-2-3-13-14(8-11)18-10-17-13/h2-3,8,12,15H,4-7,9-10H2,1H3. The number of fused-ring (bicyclic) bond motifs is 1. The summed E-state index contributed by atoms with van der Waals surface area (Å²) < 4.78 is 10.7. The number of likely N-dealkylation sites (tertiary alicyclic amines) is 1. The molecule has 0 amide bonds. The minimum Gasteiger partial charge on any atom is -0.454 e. The third-order valence-corrected chi connectivity index (χ3v) is 3.84. The zero-order valence-corrected chi connectivity index (χ0v) is 10.8. The molecule has 0 unspecified atom stereocenters. The van der Waals surface area contributed by atoms with Crippen LogP contribution in [-0.2, 0) is 6.54 Å². The average molecular weight is 248 g/mol. The molecule has 1 N–H and O–H groups in total. The first-order valence-corrected chi connectivity index (χ1v) is 6.63. The molecule has 4 heteroatoms. The maximum absolute atomic E-state index is 5.41. The lowest BCUT2D eigenvalue weighted by atomic mass is 10.0. The molecule has 1 fully saturated rings. The highest BCUT2D eigenvalue weighted by Gasteiger charge is 2.19. The second-order valence-corrected chi connectivity index (χ2v) is 5.03. The van der Waals surface area contributed by atoms with E-state index in [4.69, 9.17) is 9.47 Å². The van der Waals surface area contributed by atoms with Gasteiger partial charge in [-0.3, -0.25) is 4.90 Å². The fraction of sp³-hybridized carbons (Fsp3) is 0.571. The maximum atomic E-state index is 5.41. The molecular weight excluding hydrogens is 228 g/mol. The van der Waals surface area contributed by atoms with Crippen molar-refractivity contribution in [1.82, 2.24) is 10.2 Å². The Morgan fingerprint density at radius 3 is 2.78 bits per heavy atom. The quantitative estimate of drug-likeness (QED) is 0.881. The van der Waals surface area contributed by atoms with Gasteiger partial charge in [0.2, 0.25) is 6.79 Å². The molecule has 0 atom stereocenters. The van der Waals surface area contributed by atoms with Gasteiger partial charge in [0, 0.05) is 12.6 Å². The van der Waals surface area contributed by atoms with E-state index in [1.807, 2.05) is 6.07 Å². The first-order valence-electron chi connectivity index (χ1n) is 6.63. The Balaban J connectivity index is 1.60. The summed E-state index contributed by atoms with van der Waals surface area (Å²) in [5, 5.41) is 3.36. The number of rotatable bonds is 3. The van der Waals surface area contributed by atoms with Crippen LogP contribution < -0.4 is 14.8 Å². The Morgan fingerprint density at radius 1 is 1.22 bits per heavy atom. The van der Waals surface area contributed by atoms with Crippen LogP contribution in [0, 0.1) is 0 Å². The number of hydrogen-bond donors (Lipinski definition) is 1. The predicted molar refractivity (Wildman–Crippen MR) is 69.9 cm³/mol. The molecule has 2 heterocycles. The van der Waals surface area contributed by atoms with E-state index in [2.05, 4.69) is 29.4 Å². The largest absolute Gasteiger partial charge is 0.454 e. The van der Waals surface area contributed by atoms with Crippen molar-refractivity contribution in [1.29, 1.82) is 0 Å². The molecule has 1 aromatic rings. The minimum absolute atomic E-state index is 0.354. The van der Waals surface area contributed by atoms with Gasteiger partial charge in [0.15, 0.2) is 11.5 Å². The molecule has 18 heavy (non-hydrogen) atoms. The predicted octanol–water partition coefficient (Wildman–Crippen LogP) is 1.60. The number of ether oxygens (including phenoxy) is 2. The average Bonchev–Trinajstić information content (AvgIpc) is 2.87. The molecule has 0 aromatic heterocycles. The van der Waals surface area contributed by atoms with Crippen molar-refractivity contribution in [3.05, 3.63) is 23.8 Å². The van der Waals surface area contributed by atoms with E-state index in [9.17, 15) is 0 Å². The maximum Gasteiger partial charge on any atom is 0.231 e. The van der Waals surface area contributed by atoms with E-state index in [1.54, 1.807) is 0 Å². The molecule has 2 aliphatic heterocycles. The summed E-state index contributed by atoms with van der Waals surface area (Å²) >= 11 is 0. The molecule has 98 valence electrons. The van der Waals surface area contributed by atoms with Gasteiger partial charge in [0.1, 0.15) is 0 Å². The van der Waals surface area contributed by atoms with Gasteiger partial charge in [-0.15, -0.1) is 0 Å². The van der Waals surface area contributed by atoms with Gasteiger partial charge in [-0.2, -0.15) is 0 Å². The van der Waals surface area contributed by atoms with Gasteiger partial charge < -0.3 is 14.8 Å². The second-order valence-electron chi connectivity index (χ2n) is 5.03. The Labute approximate surface area is 108 Å². The number of benzene rings is 1. The van der Waals surface area contributed by atoms with Crippen LogP contribution in [0.3, 0.4) is 0 Å². The molecule has 3 rings (SSSR count). The summed E-state index contributed by atoms with van der Waals surface area (Å²) in [6.07, 6.45) is 2.47. The summed E-state index contributed by atoms with van der Waals surface area (Å²) in [4.78, 5) is 2.51. The minimum atomic E-state index is 0.354. The summed E-state index contributed by atoms with van der Waals surface area (Å²) in [7, 11) is 2.05. The summed E-state index contributed by atoms with van der Waals surface area (Å²) in [6.45, 7) is 3.69. The highest BCUT2D eigenvalue weighted by Crippen LogP contribution is 2.32. The number of piperidine rings is 1. The molecule has 4 nitrogen and oxygen atoms in total. The van der Waals surface area contributed by atoms with Crippen LogP contribution in [0.5, 0.6) is 11.5 Å². The van der Waals surface area contributed by atoms with Gasteiger partial charge in [-0.05, 0) is 50.7 Å². The van der Waals surface area contributed by atoms with Crippen LogP contribution in [0.1, 0.15) is 18.4 Å². The Kier molecular flexibility index (Phi) is 3.39. The van der Waals surface area contributed by atoms with Crippen molar-refractivity contribution in [3.63, 3.8) is 0 Å². The van der Waals surface area contributed by atoms with Gasteiger partial charge in [-0.1, -0.05) is 6.07 Å². The molecular formula is C14H20N2O2. The highest BCUT2D eigenvalue weighted by molar-refractivity contribution is 5.44. The summed E-state index contributed by atoms with van der Waals surface area (Å²) in [6, 6.07) is 6.94. The van der Waals surface area contributed by atoms with E-state index < -0.39 is 0 Å². The molecule has 1 saturated heterocycles. The fourth-order valence-electron chi connectivity index (χ4n) is 2.68. The van der Waals surface area contributed by atoms with Gasteiger partial charge in [-0.25, -0.2) is 0 Å². The van der Waals surface area contributed by atoms with Crippen LogP contribution in [0.4, 0.5) is 0 Å². The zero-order chi connectivity index (χ0) is 12.4. The van der Waals surface area contributed by atoms with Crippen molar-refractivity contribution in [2.24, 2.45) is 0 Å². The molecule has 0 radical (unpaired) electrons. The third-order valence-electron chi connectivity index (χ3n) is 3.84. The smallest absolute Gasteiger partial charge is 0.231 e. The molecule has 0 bridgehead atoms. The van der Waals surface area contributed by atoms with E-state index in [1.165, 1.54) is 31.5 Å². The fourth-order valence-corrected chi connectivity index (χ4v) is 2.68. The van der Waals surface area contributed by atoms with Crippen molar-refractivity contribution in [2.45, 2.75) is 25.4 Å². The van der Waals surface area contributed by atoms with Crippen LogP contribution in [0.15, 0.2) is 18.2 Å². The molecule has 1 aromatic carbocycles. The highest BCUT2D eigenvalue weighted by atomic mass is 16.7. The first kappa shape index (κ1) is 11.8. The second kappa shape index (κ2) is 5.16. The summed E-state index contributed by atoms with van der Waals surface area (Å²) in [5.41, 5.74) is 1.31. The van der Waals surface area contributed by atoms with E-state index in [0.717, 1.165) is 18.0 Å². The van der Waals surface area contributed by atoms with Crippen molar-refractivity contribution in [3.8, 4) is 11.5 Å². The number of hydrogen-bond acceptors (Lipinski definition) is 4. The molecule has 0 saturated carbocycles. The van der Waals surface area contributed by atoms with E-state index in [0.29, 0.717) is 12.8 Å². The van der Waals surface area contributed by atoms with E-state index in [-0.39, 0.29) is 0 Å². The van der Waals surface area contributed by atoms with Crippen LogP contribution in [-0.4, -0.2) is 37.9 Å². The topological polar surface area (TPSA) is 33.7 Å². The Bertz CT molecular complexity index is 414. The lowest BCUT2D eigenvalue weighted by molar-refractivity contribution is 0.173. The SMILES string of the molecule is CNC1CCN(Cc2ccc3c(c2)OCO3)CC1. The molecule has 0 aliphatic carbocycles. The van der Waals surface area contributed by atoms with Crippen LogP contribution >= 0.6 is 0 Å². The summed E-state index contributed by atoms with van der Waals surface area (Å²) in [5.74, 6) is 1.75. The van der Waals surface area contributed by atoms with Gasteiger partial charge in [0.05, 0.1) is 0 Å². The molecule has 0 spiro atoms. The van der Waals surface area contributed by atoms with Crippen molar-refractivity contribution in [2.75, 3.05) is 26.9 Å². The molecule has 2 aliphatic rings. The van der Waals surface area contributed by atoms with Crippen LogP contribution in [0.25, 0.3) is 0 Å². The Morgan fingerprint density at radius 2 is 2.00 bits per heavy atom. The van der Waals surface area contributed by atoms with E-state index >= 15 is 0 Å². The monoisotopic (exact) mass is 248 g/mol. The lowest BCUT2D eigenvalue weighted by Gasteiger charge is -2.31. The van der Waals surface area contributed by atoms with Crippen LogP contribution in [0.2, 0.25) is 0 Å². The number of nitrogens with zero attached hydrogens (tertiary/aromatic N) is 1. The van der Waals surface area contributed by atoms with Gasteiger partial charge in [0.25, 0.3) is 0 Å². The van der Waals surface area contributed by atoms with Gasteiger partial charge >= 0.3 is 0 Å². The van der Waals surface area contributed by atoms with Crippen molar-refractivity contribution >= 4 is 0 Å². The normalized spacial score (nSPS) is 20.3. The van der Waals surface area contributed by atoms with Crippen molar-refractivity contribution < 1.29 is 9.47 Å². The Hall–Kier alpha value is -1.26. The number of nitrogens with one attached hydrogen (secondary N) is 1. The third kappa shape index (κ3) is 2.44. The lowest BCUT2D eigenvalue weighted by Crippen LogP contribution is -2.40.